The lowest BCUT2D eigenvalue weighted by molar-refractivity contribution is -0.122. The molecule has 2 N–H and O–H groups in total. The molecular weight excluding hydrogens is 324 g/mol. The normalized spacial score (nSPS) is 12.1. The Kier molecular flexibility index (Phi) is 5.33. The van der Waals surface area contributed by atoms with Crippen molar-refractivity contribution in [2.45, 2.75) is 26.2 Å². The Hall–Kier alpha value is -3.13. The Labute approximate surface area is 153 Å². The van der Waals surface area contributed by atoms with Crippen molar-refractivity contribution in [2.75, 3.05) is 6.54 Å². The molecule has 0 spiro atoms. The van der Waals surface area contributed by atoms with Crippen molar-refractivity contribution >= 4 is 16.9 Å². The summed E-state index contributed by atoms with van der Waals surface area (Å²) in [4.78, 5) is 20.0. The molecule has 0 saturated heterocycles. The second-order valence-electron chi connectivity index (χ2n) is 6.78. The van der Waals surface area contributed by atoms with Crippen LogP contribution in [0.4, 0.5) is 0 Å². The average molecular weight is 346 g/mol. The van der Waals surface area contributed by atoms with Gasteiger partial charge in [0.15, 0.2) is 0 Å². The first-order valence-electron chi connectivity index (χ1n) is 8.77. The highest BCUT2D eigenvalue weighted by Crippen LogP contribution is 2.31. The number of fused-ring (bicyclic) bond motifs is 1. The number of aromatic nitrogens is 2. The summed E-state index contributed by atoms with van der Waals surface area (Å²) in [6, 6.07) is 14.0. The summed E-state index contributed by atoms with van der Waals surface area (Å²) in [6.07, 6.45) is 4.39. The first-order chi connectivity index (χ1) is 12.6. The zero-order valence-electron chi connectivity index (χ0n) is 15.0. The molecule has 0 aliphatic carbocycles. The molecule has 5 nitrogen and oxygen atoms in total. The lowest BCUT2D eigenvalue weighted by atomic mass is 9.87. The molecule has 132 valence electrons. The third kappa shape index (κ3) is 3.75. The van der Waals surface area contributed by atoms with E-state index in [0.29, 0.717) is 5.92 Å². The number of aromatic amines is 1. The fourth-order valence-electron chi connectivity index (χ4n) is 3.25. The van der Waals surface area contributed by atoms with Crippen molar-refractivity contribution in [3.8, 4) is 17.2 Å². The molecule has 2 heterocycles. The Morgan fingerprint density at radius 2 is 2.15 bits per heavy atom. The average Bonchev–Trinajstić information content (AvgIpc) is 3.13. The second kappa shape index (κ2) is 7.83. The molecule has 0 bridgehead atoms. The molecule has 1 amide bonds. The lowest BCUT2D eigenvalue weighted by Gasteiger charge is -2.19. The SMILES string of the molecule is CC(C)CC(C(=O)NCC#N)c1cccc(-c2ccnc3[nH]ccc23)c1. The number of carbonyl (C=O) groups is 1. The third-order valence-electron chi connectivity index (χ3n) is 4.43. The van der Waals surface area contributed by atoms with E-state index in [9.17, 15) is 4.79 Å². The van der Waals surface area contributed by atoms with Crippen LogP contribution in [0, 0.1) is 17.2 Å². The van der Waals surface area contributed by atoms with Crippen LogP contribution in [0.5, 0.6) is 0 Å². The number of carbonyl (C=O) groups excluding carboxylic acids is 1. The standard InChI is InChI=1S/C21H22N4O/c1-14(2)12-19(21(26)25-11-8-22)16-5-3-4-15(13-16)17-6-9-23-20-18(17)7-10-24-20/h3-7,9-10,13-14,19H,11-12H2,1-2H3,(H,23,24)(H,25,26). The van der Waals surface area contributed by atoms with Gasteiger partial charge < -0.3 is 10.3 Å². The van der Waals surface area contributed by atoms with E-state index in [1.54, 1.807) is 6.20 Å². The minimum absolute atomic E-state index is 0.0292. The smallest absolute Gasteiger partial charge is 0.228 e. The summed E-state index contributed by atoms with van der Waals surface area (Å²) in [7, 11) is 0. The monoisotopic (exact) mass is 346 g/mol. The van der Waals surface area contributed by atoms with Gasteiger partial charge in [-0.2, -0.15) is 5.26 Å². The molecule has 0 saturated carbocycles. The predicted octanol–water partition coefficient (Wildman–Crippen LogP) is 4.00. The topological polar surface area (TPSA) is 81.6 Å². The van der Waals surface area contributed by atoms with Gasteiger partial charge in [-0.25, -0.2) is 4.98 Å². The maximum atomic E-state index is 12.6. The molecule has 0 radical (unpaired) electrons. The highest BCUT2D eigenvalue weighted by atomic mass is 16.1. The zero-order chi connectivity index (χ0) is 18.5. The van der Waals surface area contributed by atoms with E-state index in [1.807, 2.05) is 42.6 Å². The van der Waals surface area contributed by atoms with E-state index in [0.717, 1.165) is 34.1 Å². The fourth-order valence-corrected chi connectivity index (χ4v) is 3.25. The van der Waals surface area contributed by atoms with Crippen molar-refractivity contribution in [1.29, 1.82) is 5.26 Å². The van der Waals surface area contributed by atoms with Gasteiger partial charge in [0, 0.05) is 17.8 Å². The second-order valence-corrected chi connectivity index (χ2v) is 6.78. The number of nitriles is 1. The number of hydrogen-bond donors (Lipinski definition) is 2. The zero-order valence-corrected chi connectivity index (χ0v) is 15.0. The van der Waals surface area contributed by atoms with E-state index >= 15 is 0 Å². The van der Waals surface area contributed by atoms with Gasteiger partial charge in [-0.1, -0.05) is 38.1 Å². The summed E-state index contributed by atoms with van der Waals surface area (Å²) < 4.78 is 0. The van der Waals surface area contributed by atoms with Crippen LogP contribution in [-0.4, -0.2) is 22.4 Å². The molecule has 1 unspecified atom stereocenters. The van der Waals surface area contributed by atoms with Gasteiger partial charge in [0.1, 0.15) is 12.2 Å². The van der Waals surface area contributed by atoms with Crippen LogP contribution in [0.1, 0.15) is 31.7 Å². The highest BCUT2D eigenvalue weighted by molar-refractivity contribution is 5.93. The number of nitrogens with zero attached hydrogens (tertiary/aromatic N) is 2. The van der Waals surface area contributed by atoms with Crippen LogP contribution in [0.25, 0.3) is 22.2 Å². The van der Waals surface area contributed by atoms with E-state index < -0.39 is 0 Å². The quantitative estimate of drug-likeness (QED) is 0.662. The van der Waals surface area contributed by atoms with Gasteiger partial charge >= 0.3 is 0 Å². The molecule has 1 aromatic carbocycles. The Balaban J connectivity index is 1.99. The van der Waals surface area contributed by atoms with Crippen molar-refractivity contribution < 1.29 is 4.79 Å². The molecular formula is C21H22N4O. The minimum atomic E-state index is -0.271. The van der Waals surface area contributed by atoms with Crippen molar-refractivity contribution in [3.63, 3.8) is 0 Å². The van der Waals surface area contributed by atoms with Crippen LogP contribution >= 0.6 is 0 Å². The molecule has 0 aliphatic rings. The van der Waals surface area contributed by atoms with E-state index in [1.165, 1.54) is 0 Å². The third-order valence-corrected chi connectivity index (χ3v) is 4.43. The predicted molar refractivity (Wildman–Crippen MR) is 102 cm³/mol. The summed E-state index contributed by atoms with van der Waals surface area (Å²) in [5, 5.41) is 12.5. The molecule has 2 aromatic heterocycles. The summed E-state index contributed by atoms with van der Waals surface area (Å²) in [5.41, 5.74) is 3.95. The van der Waals surface area contributed by atoms with E-state index in [-0.39, 0.29) is 18.4 Å². The van der Waals surface area contributed by atoms with E-state index in [2.05, 4.69) is 35.2 Å². The number of hydrogen-bond acceptors (Lipinski definition) is 3. The van der Waals surface area contributed by atoms with E-state index in [4.69, 9.17) is 5.26 Å². The van der Waals surface area contributed by atoms with Gasteiger partial charge in [-0.05, 0) is 41.2 Å². The largest absolute Gasteiger partial charge is 0.346 e. The van der Waals surface area contributed by atoms with Crippen LogP contribution in [-0.2, 0) is 4.79 Å². The molecule has 3 rings (SSSR count). The first-order valence-corrected chi connectivity index (χ1v) is 8.77. The van der Waals surface area contributed by atoms with Gasteiger partial charge in [0.2, 0.25) is 5.91 Å². The highest BCUT2D eigenvalue weighted by Gasteiger charge is 2.22. The molecule has 1 atom stereocenters. The van der Waals surface area contributed by atoms with Gasteiger partial charge in [-0.15, -0.1) is 0 Å². The summed E-state index contributed by atoms with van der Waals surface area (Å²) in [5.74, 6) is -0.000398. The van der Waals surface area contributed by atoms with Crippen LogP contribution in [0.2, 0.25) is 0 Å². The maximum Gasteiger partial charge on any atom is 0.228 e. The molecule has 5 heteroatoms. The Morgan fingerprint density at radius 1 is 1.31 bits per heavy atom. The van der Waals surface area contributed by atoms with Crippen molar-refractivity contribution in [1.82, 2.24) is 15.3 Å². The fraction of sp³-hybridized carbons (Fsp3) is 0.286. The number of nitrogens with one attached hydrogen (secondary N) is 2. The van der Waals surface area contributed by atoms with Gasteiger partial charge in [0.25, 0.3) is 0 Å². The van der Waals surface area contributed by atoms with Gasteiger partial charge in [0.05, 0.1) is 12.0 Å². The van der Waals surface area contributed by atoms with Crippen molar-refractivity contribution in [3.05, 3.63) is 54.4 Å². The van der Waals surface area contributed by atoms with Gasteiger partial charge in [-0.3, -0.25) is 4.79 Å². The molecule has 26 heavy (non-hydrogen) atoms. The number of H-pyrrole nitrogens is 1. The Bertz CT molecular complexity index is 952. The number of benzene rings is 1. The number of rotatable bonds is 6. The number of amides is 1. The van der Waals surface area contributed by atoms with Crippen LogP contribution in [0.15, 0.2) is 48.8 Å². The molecule has 3 aromatic rings. The molecule has 0 fully saturated rings. The Morgan fingerprint density at radius 3 is 2.92 bits per heavy atom. The summed E-state index contributed by atoms with van der Waals surface area (Å²) >= 11 is 0. The van der Waals surface area contributed by atoms with Crippen molar-refractivity contribution in [2.24, 2.45) is 5.92 Å². The molecule has 0 aliphatic heterocycles. The first kappa shape index (κ1) is 17.7. The minimum Gasteiger partial charge on any atom is -0.346 e. The lowest BCUT2D eigenvalue weighted by Crippen LogP contribution is -2.30. The summed E-state index contributed by atoms with van der Waals surface area (Å²) in [6.45, 7) is 4.22. The number of pyridine rings is 1. The maximum absolute atomic E-state index is 12.6. The van der Waals surface area contributed by atoms with Crippen LogP contribution < -0.4 is 5.32 Å². The van der Waals surface area contributed by atoms with Crippen LogP contribution in [0.3, 0.4) is 0 Å².